The Kier molecular flexibility index (Phi) is 7.26. The van der Waals surface area contributed by atoms with Crippen LogP contribution in [0.5, 0.6) is 11.5 Å². The molecule has 0 aromatic heterocycles. The van der Waals surface area contributed by atoms with E-state index in [1.807, 2.05) is 91.0 Å². The molecule has 3 nitrogen and oxygen atoms in total. The van der Waals surface area contributed by atoms with Crippen LogP contribution in [0.3, 0.4) is 0 Å². The fraction of sp³-hybridized carbons (Fsp3) is 0.107. The third kappa shape index (κ3) is 5.80. The summed E-state index contributed by atoms with van der Waals surface area (Å²) < 4.78 is 6.19. The van der Waals surface area contributed by atoms with Crippen LogP contribution in [0.15, 0.2) is 108 Å². The third-order valence-electron chi connectivity index (χ3n) is 4.92. The van der Waals surface area contributed by atoms with Crippen molar-refractivity contribution in [3.63, 3.8) is 0 Å². The lowest BCUT2D eigenvalue weighted by Gasteiger charge is -2.14. The molecule has 0 fully saturated rings. The van der Waals surface area contributed by atoms with E-state index in [4.69, 9.17) is 4.74 Å². The first kappa shape index (κ1) is 21.7. The zero-order chi connectivity index (χ0) is 22.2. The molecule has 1 amide bonds. The first-order valence-corrected chi connectivity index (χ1v) is 11.6. The number of thioether (sulfide) groups is 1. The Labute approximate surface area is 193 Å². The van der Waals surface area contributed by atoms with Crippen LogP contribution in [0.4, 0.5) is 5.69 Å². The van der Waals surface area contributed by atoms with Crippen LogP contribution < -0.4 is 10.1 Å². The lowest BCUT2D eigenvalue weighted by Crippen LogP contribution is -2.14. The number of hydrogen-bond acceptors (Lipinski definition) is 3. The lowest BCUT2D eigenvalue weighted by atomic mass is 10.0. The molecule has 0 bridgehead atoms. The number of rotatable bonds is 8. The van der Waals surface area contributed by atoms with Gasteiger partial charge in [-0.15, -0.1) is 11.8 Å². The van der Waals surface area contributed by atoms with Gasteiger partial charge >= 0.3 is 0 Å². The van der Waals surface area contributed by atoms with Gasteiger partial charge in [0.05, 0.1) is 6.42 Å². The first-order valence-electron chi connectivity index (χ1n) is 10.7. The van der Waals surface area contributed by atoms with E-state index in [0.29, 0.717) is 17.9 Å². The minimum atomic E-state index is -0.0565. The summed E-state index contributed by atoms with van der Waals surface area (Å²) in [7, 11) is 0. The Morgan fingerprint density at radius 1 is 0.844 bits per heavy atom. The quantitative estimate of drug-likeness (QED) is 0.290. The van der Waals surface area contributed by atoms with Gasteiger partial charge in [0.1, 0.15) is 11.5 Å². The molecule has 4 aromatic carbocycles. The molecule has 0 aliphatic carbocycles. The van der Waals surface area contributed by atoms with Crippen LogP contribution in [0.1, 0.15) is 12.5 Å². The van der Waals surface area contributed by atoms with Crippen LogP contribution in [-0.4, -0.2) is 11.7 Å². The molecule has 0 aliphatic heterocycles. The molecule has 160 valence electrons. The van der Waals surface area contributed by atoms with E-state index >= 15 is 0 Å². The van der Waals surface area contributed by atoms with Gasteiger partial charge in [0.15, 0.2) is 0 Å². The van der Waals surface area contributed by atoms with E-state index in [1.54, 1.807) is 11.8 Å². The summed E-state index contributed by atoms with van der Waals surface area (Å²) in [6.45, 7) is 2.13. The van der Waals surface area contributed by atoms with Crippen molar-refractivity contribution in [1.29, 1.82) is 0 Å². The summed E-state index contributed by atoms with van der Waals surface area (Å²) in [5, 5.41) is 3.01. The highest BCUT2D eigenvalue weighted by atomic mass is 32.2. The van der Waals surface area contributed by atoms with Gasteiger partial charge < -0.3 is 10.1 Å². The lowest BCUT2D eigenvalue weighted by molar-refractivity contribution is -0.115. The molecular formula is C28H25NO2S. The number of hydrogen-bond donors (Lipinski definition) is 1. The van der Waals surface area contributed by atoms with Crippen molar-refractivity contribution in [3.8, 4) is 22.6 Å². The largest absolute Gasteiger partial charge is 0.457 e. The van der Waals surface area contributed by atoms with Crippen LogP contribution in [-0.2, 0) is 11.2 Å². The molecule has 32 heavy (non-hydrogen) atoms. The van der Waals surface area contributed by atoms with Crippen LogP contribution in [0.2, 0.25) is 0 Å². The minimum Gasteiger partial charge on any atom is -0.457 e. The van der Waals surface area contributed by atoms with Crippen molar-refractivity contribution >= 4 is 23.4 Å². The van der Waals surface area contributed by atoms with Gasteiger partial charge in [-0.2, -0.15) is 0 Å². The second kappa shape index (κ2) is 10.7. The Morgan fingerprint density at radius 2 is 1.53 bits per heavy atom. The molecule has 0 atom stereocenters. The Hall–Kier alpha value is -3.50. The molecule has 0 unspecified atom stereocenters. The van der Waals surface area contributed by atoms with Gasteiger partial charge in [-0.25, -0.2) is 0 Å². The summed E-state index contributed by atoms with van der Waals surface area (Å²) in [6.07, 6.45) is 0.326. The normalized spacial score (nSPS) is 10.5. The van der Waals surface area contributed by atoms with E-state index in [9.17, 15) is 4.79 Å². The van der Waals surface area contributed by atoms with E-state index in [0.717, 1.165) is 28.2 Å². The average molecular weight is 440 g/mol. The predicted octanol–water partition coefficient (Wildman–Crippen LogP) is 7.44. The van der Waals surface area contributed by atoms with Crippen LogP contribution in [0, 0.1) is 0 Å². The molecule has 1 N–H and O–H groups in total. The highest BCUT2D eigenvalue weighted by Crippen LogP contribution is 2.35. The zero-order valence-corrected chi connectivity index (χ0v) is 18.8. The highest BCUT2D eigenvalue weighted by Gasteiger charge is 2.11. The number of anilines is 1. The third-order valence-corrected chi connectivity index (χ3v) is 5.81. The van der Waals surface area contributed by atoms with Gasteiger partial charge in [0, 0.05) is 22.2 Å². The summed E-state index contributed by atoms with van der Waals surface area (Å²) in [5.41, 5.74) is 3.72. The maximum absolute atomic E-state index is 12.7. The molecule has 0 aliphatic rings. The van der Waals surface area contributed by atoms with Gasteiger partial charge in [-0.05, 0) is 53.3 Å². The molecule has 0 radical (unpaired) electrons. The van der Waals surface area contributed by atoms with Gasteiger partial charge in [-0.1, -0.05) is 67.6 Å². The Balaban J connectivity index is 1.53. The predicted molar refractivity (Wildman–Crippen MR) is 134 cm³/mol. The maximum Gasteiger partial charge on any atom is 0.228 e. The average Bonchev–Trinajstić information content (AvgIpc) is 2.82. The van der Waals surface area contributed by atoms with Crippen molar-refractivity contribution in [2.75, 3.05) is 11.1 Å². The van der Waals surface area contributed by atoms with E-state index in [1.165, 1.54) is 4.90 Å². The summed E-state index contributed by atoms with van der Waals surface area (Å²) in [4.78, 5) is 13.9. The maximum atomic E-state index is 12.7. The van der Waals surface area contributed by atoms with Crippen LogP contribution in [0.25, 0.3) is 11.1 Å². The molecule has 0 saturated heterocycles. The van der Waals surface area contributed by atoms with Gasteiger partial charge in [0.25, 0.3) is 0 Å². The van der Waals surface area contributed by atoms with E-state index < -0.39 is 0 Å². The molecule has 0 saturated carbocycles. The van der Waals surface area contributed by atoms with Crippen molar-refractivity contribution in [2.45, 2.75) is 18.2 Å². The number of carbonyl (C=O) groups excluding carboxylic acids is 1. The molecule has 4 heteroatoms. The van der Waals surface area contributed by atoms with Gasteiger partial charge in [-0.3, -0.25) is 4.79 Å². The van der Waals surface area contributed by atoms with Crippen molar-refractivity contribution in [1.82, 2.24) is 0 Å². The van der Waals surface area contributed by atoms with Crippen molar-refractivity contribution < 1.29 is 9.53 Å². The van der Waals surface area contributed by atoms with E-state index in [-0.39, 0.29) is 5.91 Å². The number of carbonyl (C=O) groups is 1. The van der Waals surface area contributed by atoms with Gasteiger partial charge in [0.2, 0.25) is 5.91 Å². The minimum absolute atomic E-state index is 0.0565. The van der Waals surface area contributed by atoms with E-state index in [2.05, 4.69) is 24.4 Å². The topological polar surface area (TPSA) is 38.3 Å². The first-order chi connectivity index (χ1) is 15.7. The number of ether oxygens (including phenoxy) is 1. The SMILES string of the molecule is CCSc1ccc(CC(=O)Nc2ccc(-c3ccccc3)c(Oc3ccccc3)c2)cc1. The Morgan fingerprint density at radius 3 is 2.22 bits per heavy atom. The summed E-state index contributed by atoms with van der Waals surface area (Å²) in [5.74, 6) is 2.42. The summed E-state index contributed by atoms with van der Waals surface area (Å²) in [6, 6.07) is 33.7. The molecule has 4 aromatic rings. The van der Waals surface area contributed by atoms with Crippen LogP contribution >= 0.6 is 11.8 Å². The monoisotopic (exact) mass is 439 g/mol. The van der Waals surface area contributed by atoms with Crippen molar-refractivity contribution in [3.05, 3.63) is 109 Å². The molecule has 0 heterocycles. The number of para-hydroxylation sites is 1. The summed E-state index contributed by atoms with van der Waals surface area (Å²) >= 11 is 1.79. The molecule has 0 spiro atoms. The molecule has 4 rings (SSSR count). The Bertz CT molecular complexity index is 1160. The fourth-order valence-corrected chi connectivity index (χ4v) is 4.08. The molecular weight excluding hydrogens is 414 g/mol. The number of amides is 1. The standard InChI is InChI=1S/C28H25NO2S/c1-2-32-25-16-13-21(14-17-25)19-28(30)29-23-15-18-26(22-9-5-3-6-10-22)27(20-23)31-24-11-7-4-8-12-24/h3-18,20H,2,19H2,1H3,(H,29,30). The smallest absolute Gasteiger partial charge is 0.228 e. The zero-order valence-electron chi connectivity index (χ0n) is 18.0. The highest BCUT2D eigenvalue weighted by molar-refractivity contribution is 7.99. The van der Waals surface area contributed by atoms with Crippen molar-refractivity contribution in [2.24, 2.45) is 0 Å². The second-order valence-corrected chi connectivity index (χ2v) is 8.63. The number of nitrogens with one attached hydrogen (secondary N) is 1. The fourth-order valence-electron chi connectivity index (χ4n) is 3.42. The number of benzene rings is 4. The second-order valence-electron chi connectivity index (χ2n) is 7.29.